The third kappa shape index (κ3) is 4.76. The SMILES string of the molecule is c1ccc([P]([Al][P](c2ccccc2)c2ccccc2)c2ccccc2)cc1. The highest BCUT2D eigenvalue weighted by Gasteiger charge is 2.23. The number of rotatable bonds is 6. The van der Waals surface area contributed by atoms with Gasteiger partial charge in [0.1, 0.15) is 0 Å². The first-order valence-corrected chi connectivity index (χ1v) is 15.0. The second kappa shape index (κ2) is 9.46. The summed E-state index contributed by atoms with van der Waals surface area (Å²) in [4.78, 5) is 0. The maximum atomic E-state index is 2.31. The molecule has 0 saturated heterocycles. The topological polar surface area (TPSA) is 0 Å². The van der Waals surface area contributed by atoms with Crippen molar-refractivity contribution in [3.63, 3.8) is 0 Å². The van der Waals surface area contributed by atoms with Crippen LogP contribution in [-0.2, 0) is 0 Å². The molecule has 0 aliphatic heterocycles. The Bertz CT molecular complexity index is 785. The maximum absolute atomic E-state index is 2.31. The van der Waals surface area contributed by atoms with E-state index in [1.807, 2.05) is 0 Å². The van der Waals surface area contributed by atoms with Crippen LogP contribution >= 0.6 is 13.1 Å². The Morgan fingerprint density at radius 2 is 0.556 bits per heavy atom. The van der Waals surface area contributed by atoms with Crippen LogP contribution in [0.15, 0.2) is 121 Å². The number of benzene rings is 4. The average Bonchev–Trinajstić information content (AvgIpc) is 2.77. The summed E-state index contributed by atoms with van der Waals surface area (Å²) >= 11 is 0.215. The molecule has 1 radical (unpaired) electrons. The molecule has 0 atom stereocenters. The van der Waals surface area contributed by atoms with Crippen molar-refractivity contribution in [3.05, 3.63) is 121 Å². The molecule has 4 aromatic rings. The van der Waals surface area contributed by atoms with Crippen molar-refractivity contribution in [2.75, 3.05) is 0 Å². The van der Waals surface area contributed by atoms with Crippen molar-refractivity contribution in [3.8, 4) is 0 Å². The molecular weight excluding hydrogens is 377 g/mol. The van der Waals surface area contributed by atoms with Crippen LogP contribution in [0.4, 0.5) is 0 Å². The molecule has 0 heterocycles. The summed E-state index contributed by atoms with van der Waals surface area (Å²) in [6.07, 6.45) is 0. The lowest BCUT2D eigenvalue weighted by atomic mass is 10.4. The summed E-state index contributed by atoms with van der Waals surface area (Å²) in [5.41, 5.74) is 0. The van der Waals surface area contributed by atoms with Crippen molar-refractivity contribution in [2.24, 2.45) is 0 Å². The summed E-state index contributed by atoms with van der Waals surface area (Å²) in [5.74, 6) is 0. The molecule has 0 aliphatic rings. The van der Waals surface area contributed by atoms with Gasteiger partial charge in [0.2, 0.25) is 0 Å². The predicted octanol–water partition coefficient (Wildman–Crippen LogP) is 4.79. The molecule has 4 aromatic carbocycles. The van der Waals surface area contributed by atoms with Crippen LogP contribution in [0, 0.1) is 0 Å². The molecule has 0 aromatic heterocycles. The van der Waals surface area contributed by atoms with Crippen LogP contribution < -0.4 is 21.2 Å². The molecule has 4 rings (SSSR count). The number of hydrogen-bond acceptors (Lipinski definition) is 0. The molecular formula is C24H20AlP2. The Morgan fingerprint density at radius 1 is 0.333 bits per heavy atom. The standard InChI is InChI=1S/2C12H10P.Al/c2*1-3-7-11(8-4-1)13-12-9-5-2-6-10-12;/h2*1-10H;/q2*-1;+2. The highest BCUT2D eigenvalue weighted by atomic mass is 31.5. The van der Waals surface area contributed by atoms with Gasteiger partial charge in [-0.3, -0.25) is 0 Å². The minimum absolute atomic E-state index is 0.215. The summed E-state index contributed by atoms with van der Waals surface area (Å²) in [6, 6.07) is 44.4. The van der Waals surface area contributed by atoms with Gasteiger partial charge in [0.05, 0.1) is 0 Å². The van der Waals surface area contributed by atoms with Crippen LogP contribution in [0.5, 0.6) is 0 Å². The normalized spacial score (nSPS) is 10.9. The Labute approximate surface area is 169 Å². The van der Waals surface area contributed by atoms with E-state index in [1.54, 1.807) is 0 Å². The van der Waals surface area contributed by atoms with Crippen LogP contribution in [0.2, 0.25) is 0 Å². The van der Waals surface area contributed by atoms with Crippen molar-refractivity contribution in [1.82, 2.24) is 0 Å². The zero-order valence-electron chi connectivity index (χ0n) is 15.0. The molecule has 0 spiro atoms. The minimum Gasteiger partial charge on any atom is -0.118 e. The van der Waals surface area contributed by atoms with Crippen molar-refractivity contribution < 1.29 is 0 Å². The van der Waals surface area contributed by atoms with Crippen molar-refractivity contribution in [1.29, 1.82) is 0 Å². The monoisotopic (exact) mass is 397 g/mol. The molecule has 3 heteroatoms. The number of hydrogen-bond donors (Lipinski definition) is 0. The summed E-state index contributed by atoms with van der Waals surface area (Å²) in [5, 5.41) is 5.97. The van der Waals surface area contributed by atoms with Gasteiger partial charge in [0, 0.05) is 0 Å². The van der Waals surface area contributed by atoms with E-state index < -0.39 is 0 Å². The maximum Gasteiger partial charge on any atom is 0.318 e. The molecule has 0 nitrogen and oxygen atoms in total. The largest absolute Gasteiger partial charge is 0.318 e. The van der Waals surface area contributed by atoms with E-state index in [0.29, 0.717) is 0 Å². The van der Waals surface area contributed by atoms with Gasteiger partial charge in [-0.2, -0.15) is 0 Å². The Hall–Kier alpha value is -1.73. The summed E-state index contributed by atoms with van der Waals surface area (Å²) < 4.78 is 0. The van der Waals surface area contributed by atoms with E-state index in [0.717, 1.165) is 0 Å². The Balaban J connectivity index is 1.77. The first kappa shape index (κ1) is 18.6. The first-order chi connectivity index (χ1) is 13.4. The van der Waals surface area contributed by atoms with E-state index in [1.165, 1.54) is 21.2 Å². The van der Waals surface area contributed by atoms with Gasteiger partial charge in [-0.25, -0.2) is 0 Å². The quantitative estimate of drug-likeness (QED) is 0.324. The zero-order chi connectivity index (χ0) is 18.3. The zero-order valence-corrected chi connectivity index (χ0v) is 18.0. The molecule has 129 valence electrons. The van der Waals surface area contributed by atoms with Crippen LogP contribution in [0.1, 0.15) is 0 Å². The smallest absolute Gasteiger partial charge is 0.118 e. The summed E-state index contributed by atoms with van der Waals surface area (Å²) in [7, 11) is 0. The van der Waals surface area contributed by atoms with Gasteiger partial charge in [-0.1, -0.05) is 121 Å². The third-order valence-electron chi connectivity index (χ3n) is 4.37. The molecule has 0 aliphatic carbocycles. The third-order valence-corrected chi connectivity index (χ3v) is 17.4. The van der Waals surface area contributed by atoms with E-state index in [4.69, 9.17) is 0 Å². The average molecular weight is 397 g/mol. The van der Waals surface area contributed by atoms with Gasteiger partial charge < -0.3 is 0 Å². The summed E-state index contributed by atoms with van der Waals surface area (Å²) in [6.45, 7) is -0.651. The van der Waals surface area contributed by atoms with Crippen molar-refractivity contribution >= 4 is 48.7 Å². The minimum atomic E-state index is -0.325. The predicted molar refractivity (Wildman–Crippen MR) is 124 cm³/mol. The van der Waals surface area contributed by atoms with E-state index in [-0.39, 0.29) is 27.5 Å². The van der Waals surface area contributed by atoms with Gasteiger partial charge in [0.25, 0.3) is 0 Å². The second-order valence-electron chi connectivity index (χ2n) is 6.20. The molecule has 0 N–H and O–H groups in total. The lowest BCUT2D eigenvalue weighted by Crippen LogP contribution is -2.21. The van der Waals surface area contributed by atoms with E-state index in [9.17, 15) is 0 Å². The molecule has 0 saturated carbocycles. The fraction of sp³-hybridized carbons (Fsp3) is 0. The second-order valence-corrected chi connectivity index (χ2v) is 15.8. The van der Waals surface area contributed by atoms with Crippen molar-refractivity contribution in [2.45, 2.75) is 0 Å². The van der Waals surface area contributed by atoms with Crippen LogP contribution in [0.25, 0.3) is 0 Å². The van der Waals surface area contributed by atoms with E-state index in [2.05, 4.69) is 121 Å². The molecule has 0 fully saturated rings. The molecule has 0 unspecified atom stereocenters. The molecule has 0 amide bonds. The van der Waals surface area contributed by atoms with Gasteiger partial charge >= 0.3 is 14.3 Å². The lowest BCUT2D eigenvalue weighted by Gasteiger charge is -2.25. The van der Waals surface area contributed by atoms with Crippen LogP contribution in [0.3, 0.4) is 0 Å². The van der Waals surface area contributed by atoms with Gasteiger partial charge in [0.15, 0.2) is 0 Å². The highest BCUT2D eigenvalue weighted by Crippen LogP contribution is 2.45. The fourth-order valence-electron chi connectivity index (χ4n) is 3.03. The fourth-order valence-corrected chi connectivity index (χ4v) is 17.6. The highest BCUT2D eigenvalue weighted by molar-refractivity contribution is 8.24. The first-order valence-electron chi connectivity index (χ1n) is 9.05. The van der Waals surface area contributed by atoms with Gasteiger partial charge in [-0.05, 0) is 21.2 Å². The van der Waals surface area contributed by atoms with Crippen LogP contribution in [-0.4, -0.2) is 14.3 Å². The van der Waals surface area contributed by atoms with Gasteiger partial charge in [-0.15, -0.1) is 13.1 Å². The lowest BCUT2D eigenvalue weighted by molar-refractivity contribution is 1.76. The molecule has 0 bridgehead atoms. The molecule has 27 heavy (non-hydrogen) atoms. The Morgan fingerprint density at radius 3 is 0.778 bits per heavy atom. The Kier molecular flexibility index (Phi) is 6.53. The van der Waals surface area contributed by atoms with E-state index >= 15 is 0 Å².